The van der Waals surface area contributed by atoms with E-state index in [1.165, 1.54) is 16.7 Å². The molecule has 0 unspecified atom stereocenters. The fraction of sp³-hybridized carbons (Fsp3) is 0.440. The molecular weight excluding hydrogens is 492 g/mol. The predicted molar refractivity (Wildman–Crippen MR) is 143 cm³/mol. The molecule has 0 radical (unpaired) electrons. The molecule has 3 heterocycles. The molecule has 4 rings (SSSR count). The summed E-state index contributed by atoms with van der Waals surface area (Å²) in [6.45, 7) is 7.90. The Labute approximate surface area is 220 Å². The van der Waals surface area contributed by atoms with E-state index in [1.54, 1.807) is 22.0 Å². The topological polar surface area (TPSA) is 121 Å². The van der Waals surface area contributed by atoms with Crippen LogP contribution in [0.1, 0.15) is 36.8 Å². The Hall–Kier alpha value is -3.67. The van der Waals surface area contributed by atoms with Crippen molar-refractivity contribution in [1.29, 1.82) is 0 Å². The van der Waals surface area contributed by atoms with Crippen LogP contribution in [0.4, 0.5) is 16.3 Å². The number of nitrogens with zero attached hydrogens (tertiary/aromatic N) is 8. The van der Waals surface area contributed by atoms with Gasteiger partial charge in [-0.1, -0.05) is 43.8 Å². The van der Waals surface area contributed by atoms with E-state index in [-0.39, 0.29) is 11.3 Å². The fourth-order valence-electron chi connectivity index (χ4n) is 4.15. The normalized spacial score (nSPS) is 13.9. The van der Waals surface area contributed by atoms with E-state index in [2.05, 4.69) is 20.3 Å². The number of carboxylic acid groups (broad SMARTS) is 1. The highest BCUT2D eigenvalue weighted by molar-refractivity contribution is 7.98. The second kappa shape index (κ2) is 10.8. The van der Waals surface area contributed by atoms with Gasteiger partial charge in [0.2, 0.25) is 0 Å². The van der Waals surface area contributed by atoms with Crippen molar-refractivity contribution in [2.24, 2.45) is 5.41 Å². The number of carbonyl (C=O) groups excluding carboxylic acids is 1. The van der Waals surface area contributed by atoms with E-state index in [0.29, 0.717) is 54.8 Å². The molecule has 3 aromatic rings. The number of amides is 2. The summed E-state index contributed by atoms with van der Waals surface area (Å²) in [6, 6.07) is 7.54. The number of rotatable bonds is 7. The van der Waals surface area contributed by atoms with Crippen molar-refractivity contribution >= 4 is 35.3 Å². The lowest BCUT2D eigenvalue weighted by atomic mass is 9.96. The molecule has 12 heteroatoms. The molecule has 0 spiro atoms. The van der Waals surface area contributed by atoms with Crippen LogP contribution in [0, 0.1) is 5.41 Å². The maximum atomic E-state index is 13.5. The summed E-state index contributed by atoms with van der Waals surface area (Å²) < 4.78 is 1.64. The summed E-state index contributed by atoms with van der Waals surface area (Å²) in [5.41, 5.74) is 2.50. The zero-order valence-electron chi connectivity index (χ0n) is 21.7. The molecule has 0 atom stereocenters. The van der Waals surface area contributed by atoms with Crippen molar-refractivity contribution in [3.8, 4) is 5.69 Å². The van der Waals surface area contributed by atoms with Gasteiger partial charge in [0.1, 0.15) is 11.4 Å². The van der Waals surface area contributed by atoms with Gasteiger partial charge in [-0.3, -0.25) is 4.79 Å². The monoisotopic (exact) mass is 524 g/mol. The number of anilines is 2. The van der Waals surface area contributed by atoms with Gasteiger partial charge in [0.25, 0.3) is 5.91 Å². The summed E-state index contributed by atoms with van der Waals surface area (Å²) >= 11 is 1.44. The Balaban J connectivity index is 1.52. The van der Waals surface area contributed by atoms with E-state index in [4.69, 9.17) is 0 Å². The molecule has 0 aliphatic carbocycles. The Morgan fingerprint density at radius 1 is 1.22 bits per heavy atom. The number of likely N-dealkylation sites (N-methyl/N-ethyl adjacent to an activating group) is 1. The molecule has 1 aliphatic rings. The van der Waals surface area contributed by atoms with Crippen LogP contribution < -0.4 is 9.80 Å². The van der Waals surface area contributed by atoms with E-state index in [1.807, 2.05) is 63.2 Å². The first kappa shape index (κ1) is 26.4. The third kappa shape index (κ3) is 6.19. The number of carbonyl (C=O) groups is 2. The van der Waals surface area contributed by atoms with Crippen molar-refractivity contribution in [1.82, 2.24) is 29.9 Å². The first-order chi connectivity index (χ1) is 17.6. The lowest BCUT2D eigenvalue weighted by Crippen LogP contribution is -2.38. The number of thioether (sulfide) groups is 1. The van der Waals surface area contributed by atoms with Crippen LogP contribution in [0.3, 0.4) is 0 Å². The average Bonchev–Trinajstić information content (AvgIpc) is 3.30. The number of fused-ring (bicyclic) bond motifs is 1. The predicted octanol–water partition coefficient (Wildman–Crippen LogP) is 3.44. The maximum absolute atomic E-state index is 13.5. The van der Waals surface area contributed by atoms with E-state index < -0.39 is 6.09 Å². The quantitative estimate of drug-likeness (QED) is 0.366. The van der Waals surface area contributed by atoms with Crippen molar-refractivity contribution in [2.45, 2.75) is 32.3 Å². The lowest BCUT2D eigenvalue weighted by molar-refractivity contribution is 0.0989. The Morgan fingerprint density at radius 3 is 2.68 bits per heavy atom. The van der Waals surface area contributed by atoms with Gasteiger partial charge >= 0.3 is 6.09 Å². The SMILES string of the molecule is CSc1ncc2c(n1)N(C)CCN(c1cccc(-n3cc(CCN(CC(C)(C)C)C(=O)O)nn3)c1)C2=O. The molecule has 0 saturated heterocycles. The van der Waals surface area contributed by atoms with E-state index in [0.717, 1.165) is 11.4 Å². The first-order valence-electron chi connectivity index (χ1n) is 12.0. The third-order valence-corrected chi connectivity index (χ3v) is 6.51. The smallest absolute Gasteiger partial charge is 0.407 e. The van der Waals surface area contributed by atoms with Gasteiger partial charge in [-0.15, -0.1) is 5.10 Å². The third-order valence-electron chi connectivity index (χ3n) is 5.95. The number of aromatic nitrogens is 5. The Kier molecular flexibility index (Phi) is 7.67. The second-order valence-corrected chi connectivity index (χ2v) is 10.9. The Morgan fingerprint density at radius 2 is 1.97 bits per heavy atom. The second-order valence-electron chi connectivity index (χ2n) is 10.2. The highest BCUT2D eigenvalue weighted by atomic mass is 32.2. The van der Waals surface area contributed by atoms with Gasteiger partial charge in [-0.2, -0.15) is 0 Å². The van der Waals surface area contributed by atoms with Crippen LogP contribution in [-0.2, 0) is 6.42 Å². The summed E-state index contributed by atoms with van der Waals surface area (Å²) in [4.78, 5) is 39.1. The molecule has 37 heavy (non-hydrogen) atoms. The maximum Gasteiger partial charge on any atom is 0.407 e. The molecular formula is C25H32N8O3S. The molecule has 196 valence electrons. The van der Waals surface area contributed by atoms with Crippen molar-refractivity contribution < 1.29 is 14.7 Å². The first-order valence-corrected chi connectivity index (χ1v) is 13.2. The van der Waals surface area contributed by atoms with Gasteiger partial charge in [0.05, 0.1) is 17.6 Å². The van der Waals surface area contributed by atoms with Crippen LogP contribution >= 0.6 is 11.8 Å². The molecule has 2 aromatic heterocycles. The molecule has 1 N–H and O–H groups in total. The molecule has 11 nitrogen and oxygen atoms in total. The molecule has 0 fully saturated rings. The van der Waals surface area contributed by atoms with E-state index >= 15 is 0 Å². The van der Waals surface area contributed by atoms with Gasteiger partial charge < -0.3 is 19.8 Å². The van der Waals surface area contributed by atoms with Crippen molar-refractivity contribution in [2.75, 3.05) is 49.3 Å². The molecule has 0 bridgehead atoms. The van der Waals surface area contributed by atoms with Crippen LogP contribution in [-0.4, -0.2) is 86.5 Å². The highest BCUT2D eigenvalue weighted by Crippen LogP contribution is 2.28. The molecule has 1 aromatic carbocycles. The molecule has 1 aliphatic heterocycles. The zero-order valence-corrected chi connectivity index (χ0v) is 22.6. The summed E-state index contributed by atoms with van der Waals surface area (Å²) in [5.74, 6) is 0.474. The lowest BCUT2D eigenvalue weighted by Gasteiger charge is -2.27. The Bertz CT molecular complexity index is 1290. The zero-order chi connectivity index (χ0) is 26.7. The largest absolute Gasteiger partial charge is 0.465 e. The summed E-state index contributed by atoms with van der Waals surface area (Å²) in [7, 11) is 1.92. The average molecular weight is 525 g/mol. The number of benzene rings is 1. The standard InChI is InChI=1S/C25H32N8O3S/c1-25(2,3)16-31(24(35)36)10-9-17-15-33(29-28-17)19-8-6-7-18(13-19)32-12-11-30(4)21-20(22(32)34)14-26-23(27-21)37-5/h6-8,13-15H,9-12,16H2,1-5H3,(H,35,36). The minimum absolute atomic E-state index is 0.139. The van der Waals surface area contributed by atoms with Gasteiger partial charge in [-0.05, 0) is 29.9 Å². The fourth-order valence-corrected chi connectivity index (χ4v) is 4.49. The van der Waals surface area contributed by atoms with Crippen LogP contribution in [0.15, 0.2) is 41.8 Å². The summed E-state index contributed by atoms with van der Waals surface area (Å²) in [5, 5.41) is 18.6. The minimum atomic E-state index is -0.945. The van der Waals surface area contributed by atoms with Gasteiger partial charge in [-0.25, -0.2) is 19.4 Å². The van der Waals surface area contributed by atoms with Crippen molar-refractivity contribution in [3.63, 3.8) is 0 Å². The molecule has 0 saturated carbocycles. The van der Waals surface area contributed by atoms with Crippen molar-refractivity contribution in [3.05, 3.63) is 47.9 Å². The molecule has 2 amide bonds. The summed E-state index contributed by atoms with van der Waals surface area (Å²) in [6.07, 6.45) is 4.80. The van der Waals surface area contributed by atoms with Crippen LogP contribution in [0.5, 0.6) is 0 Å². The highest BCUT2D eigenvalue weighted by Gasteiger charge is 2.28. The van der Waals surface area contributed by atoms with Crippen LogP contribution in [0.2, 0.25) is 0 Å². The number of hydrogen-bond acceptors (Lipinski definition) is 8. The van der Waals surface area contributed by atoms with Gasteiger partial charge in [0, 0.05) is 51.5 Å². The van der Waals surface area contributed by atoms with Crippen LogP contribution in [0.25, 0.3) is 5.69 Å². The minimum Gasteiger partial charge on any atom is -0.465 e. The number of hydrogen-bond donors (Lipinski definition) is 1. The van der Waals surface area contributed by atoms with Gasteiger partial charge in [0.15, 0.2) is 5.16 Å². The van der Waals surface area contributed by atoms with E-state index in [9.17, 15) is 14.7 Å².